The summed E-state index contributed by atoms with van der Waals surface area (Å²) in [6, 6.07) is 5.56. The van der Waals surface area contributed by atoms with Crippen molar-refractivity contribution in [2.24, 2.45) is 0 Å². The van der Waals surface area contributed by atoms with Gasteiger partial charge in [0.2, 0.25) is 5.91 Å². The average molecular weight is 367 g/mol. The van der Waals surface area contributed by atoms with Gasteiger partial charge in [-0.2, -0.15) is 0 Å². The predicted molar refractivity (Wildman–Crippen MR) is 94.2 cm³/mol. The van der Waals surface area contributed by atoms with Gasteiger partial charge >= 0.3 is 0 Å². The summed E-state index contributed by atoms with van der Waals surface area (Å²) in [4.78, 5) is 14.4. The number of piperazine rings is 1. The lowest BCUT2D eigenvalue weighted by molar-refractivity contribution is -0.123. The van der Waals surface area contributed by atoms with Crippen LogP contribution in [0, 0.1) is 0 Å². The molecule has 1 aliphatic heterocycles. The van der Waals surface area contributed by atoms with Crippen molar-refractivity contribution in [1.29, 1.82) is 0 Å². The SMILES string of the molecule is CC(NC(=O)CN1CCNC[C@@H]1C)c1ccc(Cl)cc1Cl.Cl. The van der Waals surface area contributed by atoms with Crippen LogP contribution in [-0.4, -0.2) is 43.0 Å². The van der Waals surface area contributed by atoms with Crippen LogP contribution in [0.1, 0.15) is 25.5 Å². The third-order valence-corrected chi connectivity index (χ3v) is 4.35. The zero-order valence-electron chi connectivity index (χ0n) is 12.7. The summed E-state index contributed by atoms with van der Waals surface area (Å²) in [5.74, 6) is 0.0160. The molecule has 0 saturated carbocycles. The number of carbonyl (C=O) groups is 1. The van der Waals surface area contributed by atoms with Gasteiger partial charge in [-0.1, -0.05) is 29.3 Å². The summed E-state index contributed by atoms with van der Waals surface area (Å²) in [5, 5.41) is 7.48. The molecule has 0 radical (unpaired) electrons. The average Bonchev–Trinajstić information content (AvgIpc) is 2.41. The van der Waals surface area contributed by atoms with Crippen LogP contribution < -0.4 is 10.6 Å². The minimum atomic E-state index is -0.138. The summed E-state index contributed by atoms with van der Waals surface area (Å²) in [6.07, 6.45) is 0. The second-order valence-corrected chi connectivity index (χ2v) is 6.32. The topological polar surface area (TPSA) is 44.4 Å². The van der Waals surface area contributed by atoms with Gasteiger partial charge in [-0.25, -0.2) is 0 Å². The lowest BCUT2D eigenvalue weighted by Gasteiger charge is -2.33. The largest absolute Gasteiger partial charge is 0.348 e. The molecule has 1 aliphatic rings. The summed E-state index contributed by atoms with van der Waals surface area (Å²) in [6.45, 7) is 7.21. The molecule has 1 fully saturated rings. The van der Waals surface area contributed by atoms with Crippen molar-refractivity contribution in [3.8, 4) is 0 Å². The monoisotopic (exact) mass is 365 g/mol. The molecule has 2 atom stereocenters. The van der Waals surface area contributed by atoms with Crippen molar-refractivity contribution < 1.29 is 4.79 Å². The third kappa shape index (κ3) is 5.28. The van der Waals surface area contributed by atoms with Gasteiger partial charge < -0.3 is 10.6 Å². The first-order valence-corrected chi connectivity index (χ1v) is 7.92. The maximum atomic E-state index is 12.2. The van der Waals surface area contributed by atoms with E-state index in [1.807, 2.05) is 13.0 Å². The van der Waals surface area contributed by atoms with Gasteiger partial charge in [-0.15, -0.1) is 12.4 Å². The lowest BCUT2D eigenvalue weighted by atomic mass is 10.1. The van der Waals surface area contributed by atoms with E-state index in [1.165, 1.54) is 0 Å². The highest BCUT2D eigenvalue weighted by Gasteiger charge is 2.21. The van der Waals surface area contributed by atoms with Crippen molar-refractivity contribution in [3.63, 3.8) is 0 Å². The smallest absolute Gasteiger partial charge is 0.234 e. The number of carbonyl (C=O) groups excluding carboxylic acids is 1. The molecule has 2 N–H and O–H groups in total. The van der Waals surface area contributed by atoms with Gasteiger partial charge in [0.15, 0.2) is 0 Å². The van der Waals surface area contributed by atoms with Crippen molar-refractivity contribution in [3.05, 3.63) is 33.8 Å². The molecule has 0 aromatic heterocycles. The van der Waals surface area contributed by atoms with Gasteiger partial charge in [-0.05, 0) is 31.5 Å². The molecule has 1 aromatic carbocycles. The Balaban J connectivity index is 0.00000242. The van der Waals surface area contributed by atoms with E-state index in [9.17, 15) is 4.79 Å². The van der Waals surface area contributed by atoms with Crippen LogP contribution in [0.15, 0.2) is 18.2 Å². The second-order valence-electron chi connectivity index (χ2n) is 5.48. The number of nitrogens with one attached hydrogen (secondary N) is 2. The molecular formula is C15H22Cl3N3O. The summed E-state index contributed by atoms with van der Waals surface area (Å²) >= 11 is 12.1. The van der Waals surface area contributed by atoms with Gasteiger partial charge in [0.25, 0.3) is 0 Å². The highest BCUT2D eigenvalue weighted by atomic mass is 35.5. The van der Waals surface area contributed by atoms with E-state index in [-0.39, 0.29) is 24.4 Å². The lowest BCUT2D eigenvalue weighted by Crippen LogP contribution is -2.52. The molecule has 1 aromatic rings. The van der Waals surface area contributed by atoms with Crippen molar-refractivity contribution >= 4 is 41.5 Å². The predicted octanol–water partition coefficient (Wildman–Crippen LogP) is 2.89. The molecule has 7 heteroatoms. The maximum absolute atomic E-state index is 12.2. The van der Waals surface area contributed by atoms with Crippen molar-refractivity contribution in [1.82, 2.24) is 15.5 Å². The fraction of sp³-hybridized carbons (Fsp3) is 0.533. The maximum Gasteiger partial charge on any atom is 0.234 e. The summed E-state index contributed by atoms with van der Waals surface area (Å²) in [5.41, 5.74) is 0.878. The number of rotatable bonds is 4. The Labute approximate surface area is 147 Å². The summed E-state index contributed by atoms with van der Waals surface area (Å²) < 4.78 is 0. The van der Waals surface area contributed by atoms with E-state index in [0.717, 1.165) is 25.2 Å². The molecular weight excluding hydrogens is 345 g/mol. The molecule has 4 nitrogen and oxygen atoms in total. The minimum absolute atomic E-state index is 0. The summed E-state index contributed by atoms with van der Waals surface area (Å²) in [7, 11) is 0. The Morgan fingerprint density at radius 1 is 1.50 bits per heavy atom. The van der Waals surface area contributed by atoms with Crippen molar-refractivity contribution in [2.45, 2.75) is 25.9 Å². The molecule has 22 heavy (non-hydrogen) atoms. The number of nitrogens with zero attached hydrogens (tertiary/aromatic N) is 1. The Bertz CT molecular complexity index is 513. The Morgan fingerprint density at radius 3 is 2.86 bits per heavy atom. The first-order valence-electron chi connectivity index (χ1n) is 7.16. The molecule has 0 spiro atoms. The Hall–Kier alpha value is -0.520. The minimum Gasteiger partial charge on any atom is -0.348 e. The van der Waals surface area contributed by atoms with Gasteiger partial charge in [-0.3, -0.25) is 9.69 Å². The highest BCUT2D eigenvalue weighted by Crippen LogP contribution is 2.26. The van der Waals surface area contributed by atoms with Crippen LogP contribution in [0.5, 0.6) is 0 Å². The number of benzene rings is 1. The molecule has 1 amide bonds. The highest BCUT2D eigenvalue weighted by molar-refractivity contribution is 6.35. The standard InChI is InChI=1S/C15H21Cl2N3O.ClH/c1-10-8-18-5-6-20(10)9-15(21)19-11(2)13-4-3-12(16)7-14(13)17;/h3-4,7,10-11,18H,5-6,8-9H2,1-2H3,(H,19,21);1H/t10-,11?;/m0./s1. The van der Waals surface area contributed by atoms with Crippen LogP contribution >= 0.6 is 35.6 Å². The molecule has 1 heterocycles. The number of halogens is 3. The zero-order valence-corrected chi connectivity index (χ0v) is 15.1. The van der Waals surface area contributed by atoms with Crippen LogP contribution in [0.4, 0.5) is 0 Å². The Morgan fingerprint density at radius 2 is 2.23 bits per heavy atom. The Kier molecular flexibility index (Phi) is 7.94. The molecule has 0 aliphatic carbocycles. The molecule has 124 valence electrons. The van der Waals surface area contributed by atoms with E-state index in [2.05, 4.69) is 22.5 Å². The van der Waals surface area contributed by atoms with Gasteiger partial charge in [0, 0.05) is 35.7 Å². The first kappa shape index (κ1) is 19.5. The van der Waals surface area contributed by atoms with Crippen molar-refractivity contribution in [2.75, 3.05) is 26.2 Å². The number of hydrogen-bond donors (Lipinski definition) is 2. The molecule has 2 rings (SSSR count). The van der Waals surface area contributed by atoms with E-state index in [1.54, 1.807) is 12.1 Å². The third-order valence-electron chi connectivity index (χ3n) is 3.79. The van der Waals surface area contributed by atoms with Gasteiger partial charge in [0.1, 0.15) is 0 Å². The number of hydrogen-bond acceptors (Lipinski definition) is 3. The zero-order chi connectivity index (χ0) is 15.4. The van der Waals surface area contributed by atoms with Crippen LogP contribution in [0.3, 0.4) is 0 Å². The van der Waals surface area contributed by atoms with Crippen LogP contribution in [0.25, 0.3) is 0 Å². The van der Waals surface area contributed by atoms with E-state index in [4.69, 9.17) is 23.2 Å². The van der Waals surface area contributed by atoms with E-state index >= 15 is 0 Å². The fourth-order valence-corrected chi connectivity index (χ4v) is 3.09. The number of amides is 1. The molecule has 0 bridgehead atoms. The van der Waals surface area contributed by atoms with Gasteiger partial charge in [0.05, 0.1) is 12.6 Å². The first-order chi connectivity index (χ1) is 9.97. The molecule has 1 saturated heterocycles. The second kappa shape index (κ2) is 8.94. The van der Waals surface area contributed by atoms with Crippen LogP contribution in [-0.2, 0) is 4.79 Å². The van der Waals surface area contributed by atoms with E-state index in [0.29, 0.717) is 22.6 Å². The molecule has 1 unspecified atom stereocenters. The van der Waals surface area contributed by atoms with E-state index < -0.39 is 0 Å². The fourth-order valence-electron chi connectivity index (χ4n) is 2.52. The normalized spacial score (nSPS) is 20.1. The van der Waals surface area contributed by atoms with Crippen LogP contribution in [0.2, 0.25) is 10.0 Å². The quantitative estimate of drug-likeness (QED) is 0.861.